The molecule has 0 spiro atoms. The van der Waals surface area contributed by atoms with Crippen LogP contribution in [0.1, 0.15) is 12.8 Å². The number of hydrogen-bond donors (Lipinski definition) is 0. The quantitative estimate of drug-likeness (QED) is 0.521. The number of para-hydroxylation sites is 2. The molecule has 0 unspecified atom stereocenters. The van der Waals surface area contributed by atoms with Crippen LogP contribution in [0.15, 0.2) is 29.3 Å². The summed E-state index contributed by atoms with van der Waals surface area (Å²) in [4.78, 5) is 13.6. The van der Waals surface area contributed by atoms with Crippen LogP contribution in [0.3, 0.4) is 0 Å². The lowest BCUT2D eigenvalue weighted by Crippen LogP contribution is -1.95. The van der Waals surface area contributed by atoms with E-state index in [2.05, 4.69) is 4.99 Å². The first-order valence-electron chi connectivity index (χ1n) is 4.24. The summed E-state index contributed by atoms with van der Waals surface area (Å²) in [5, 5.41) is 0. The average molecular weight is 175 g/mol. The van der Waals surface area contributed by atoms with Crippen molar-refractivity contribution in [3.8, 4) is 5.75 Å². The molecule has 1 saturated carbocycles. The second-order valence-electron chi connectivity index (χ2n) is 2.99. The van der Waals surface area contributed by atoms with E-state index in [1.807, 2.05) is 18.2 Å². The Morgan fingerprint density at radius 2 is 2.15 bits per heavy atom. The third-order valence-electron chi connectivity index (χ3n) is 1.85. The van der Waals surface area contributed by atoms with E-state index in [0.29, 0.717) is 17.5 Å². The molecule has 0 amide bonds. The van der Waals surface area contributed by atoms with Gasteiger partial charge in [0, 0.05) is 0 Å². The molecule has 2 rings (SSSR count). The molecule has 1 aromatic rings. The van der Waals surface area contributed by atoms with Gasteiger partial charge in [0.1, 0.15) is 11.4 Å². The van der Waals surface area contributed by atoms with Crippen LogP contribution in [-0.4, -0.2) is 12.2 Å². The minimum Gasteiger partial charge on any atom is -0.488 e. The third kappa shape index (κ3) is 1.95. The molecule has 3 heteroatoms. The predicted molar refractivity (Wildman–Crippen MR) is 47.9 cm³/mol. The molecular weight excluding hydrogens is 166 g/mol. The largest absolute Gasteiger partial charge is 0.488 e. The summed E-state index contributed by atoms with van der Waals surface area (Å²) in [7, 11) is 0. The summed E-state index contributed by atoms with van der Waals surface area (Å²) in [6.07, 6.45) is 4.03. The van der Waals surface area contributed by atoms with Gasteiger partial charge in [0.05, 0.1) is 6.10 Å². The van der Waals surface area contributed by atoms with Crippen LogP contribution >= 0.6 is 0 Å². The van der Waals surface area contributed by atoms with Gasteiger partial charge in [0.15, 0.2) is 0 Å². The highest BCUT2D eigenvalue weighted by molar-refractivity contribution is 5.57. The molecule has 0 aromatic heterocycles. The second-order valence-corrected chi connectivity index (χ2v) is 2.99. The van der Waals surface area contributed by atoms with Gasteiger partial charge < -0.3 is 4.74 Å². The lowest BCUT2D eigenvalue weighted by atomic mass is 10.3. The maximum atomic E-state index is 10.1. The van der Waals surface area contributed by atoms with E-state index >= 15 is 0 Å². The Kier molecular flexibility index (Phi) is 2.11. The molecule has 13 heavy (non-hydrogen) atoms. The molecule has 0 N–H and O–H groups in total. The zero-order valence-electron chi connectivity index (χ0n) is 7.06. The van der Waals surface area contributed by atoms with Crippen molar-refractivity contribution in [2.24, 2.45) is 4.99 Å². The van der Waals surface area contributed by atoms with Gasteiger partial charge in [-0.25, -0.2) is 4.79 Å². The van der Waals surface area contributed by atoms with Crippen molar-refractivity contribution in [1.82, 2.24) is 0 Å². The Bertz CT molecular complexity index is 352. The minimum absolute atomic E-state index is 0.322. The van der Waals surface area contributed by atoms with Gasteiger partial charge in [-0.05, 0) is 25.0 Å². The van der Waals surface area contributed by atoms with Crippen LogP contribution in [0.4, 0.5) is 5.69 Å². The van der Waals surface area contributed by atoms with Crippen molar-refractivity contribution in [2.45, 2.75) is 18.9 Å². The zero-order chi connectivity index (χ0) is 9.10. The van der Waals surface area contributed by atoms with Gasteiger partial charge >= 0.3 is 0 Å². The standard InChI is InChI=1S/C10H9NO2/c12-7-11-9-3-1-2-4-10(9)13-8-5-6-8/h1-4,8H,5-6H2. The summed E-state index contributed by atoms with van der Waals surface area (Å²) in [5.74, 6) is 0.674. The van der Waals surface area contributed by atoms with E-state index in [9.17, 15) is 4.79 Å². The van der Waals surface area contributed by atoms with Gasteiger partial charge in [0.2, 0.25) is 6.08 Å². The number of aliphatic imine (C=N–C) groups is 1. The van der Waals surface area contributed by atoms with E-state index in [1.54, 1.807) is 6.07 Å². The van der Waals surface area contributed by atoms with Crippen LogP contribution in [0, 0.1) is 0 Å². The second kappa shape index (κ2) is 3.42. The average Bonchev–Trinajstić information content (AvgIpc) is 2.93. The monoisotopic (exact) mass is 175 g/mol. The maximum absolute atomic E-state index is 10.1. The number of ether oxygens (including phenoxy) is 1. The Hall–Kier alpha value is -1.60. The SMILES string of the molecule is O=C=Nc1ccccc1OC1CC1. The molecule has 1 aliphatic carbocycles. The molecule has 66 valence electrons. The summed E-state index contributed by atoms with van der Waals surface area (Å²) < 4.78 is 5.54. The van der Waals surface area contributed by atoms with Crippen molar-refractivity contribution < 1.29 is 9.53 Å². The van der Waals surface area contributed by atoms with E-state index in [-0.39, 0.29) is 0 Å². The Morgan fingerprint density at radius 3 is 2.85 bits per heavy atom. The van der Waals surface area contributed by atoms with Crippen molar-refractivity contribution in [1.29, 1.82) is 0 Å². The summed E-state index contributed by atoms with van der Waals surface area (Å²) >= 11 is 0. The van der Waals surface area contributed by atoms with E-state index < -0.39 is 0 Å². The fraction of sp³-hybridized carbons (Fsp3) is 0.300. The van der Waals surface area contributed by atoms with Crippen LogP contribution in [0.2, 0.25) is 0 Å². The fourth-order valence-corrected chi connectivity index (χ4v) is 1.06. The minimum atomic E-state index is 0.322. The number of nitrogens with zero attached hydrogens (tertiary/aromatic N) is 1. The first kappa shape index (κ1) is 8.02. The number of carbonyl (C=O) groups excluding carboxylic acids is 1. The van der Waals surface area contributed by atoms with Crippen LogP contribution < -0.4 is 4.74 Å². The topological polar surface area (TPSA) is 38.7 Å². The van der Waals surface area contributed by atoms with Gasteiger partial charge in [-0.15, -0.1) is 0 Å². The molecule has 0 aliphatic heterocycles. The fourth-order valence-electron chi connectivity index (χ4n) is 1.06. The lowest BCUT2D eigenvalue weighted by molar-refractivity contribution is 0.304. The van der Waals surface area contributed by atoms with Crippen LogP contribution in [0.25, 0.3) is 0 Å². The highest BCUT2D eigenvalue weighted by Crippen LogP contribution is 2.32. The van der Waals surface area contributed by atoms with Crippen molar-refractivity contribution in [3.63, 3.8) is 0 Å². The predicted octanol–water partition coefficient (Wildman–Crippen LogP) is 2.20. The van der Waals surface area contributed by atoms with E-state index in [1.165, 1.54) is 6.08 Å². The smallest absolute Gasteiger partial charge is 0.240 e. The summed E-state index contributed by atoms with van der Waals surface area (Å²) in [5.41, 5.74) is 0.560. The van der Waals surface area contributed by atoms with Gasteiger partial charge in [-0.2, -0.15) is 4.99 Å². The molecule has 1 aliphatic rings. The van der Waals surface area contributed by atoms with Crippen molar-refractivity contribution >= 4 is 11.8 Å². The van der Waals surface area contributed by atoms with Crippen LogP contribution in [0.5, 0.6) is 5.75 Å². The number of benzene rings is 1. The lowest BCUT2D eigenvalue weighted by Gasteiger charge is -2.05. The van der Waals surface area contributed by atoms with Gasteiger partial charge in [0.25, 0.3) is 0 Å². The van der Waals surface area contributed by atoms with E-state index in [0.717, 1.165) is 12.8 Å². The highest BCUT2D eigenvalue weighted by Gasteiger charge is 2.24. The Morgan fingerprint density at radius 1 is 1.38 bits per heavy atom. The normalized spacial score (nSPS) is 14.8. The number of hydrogen-bond acceptors (Lipinski definition) is 3. The third-order valence-corrected chi connectivity index (χ3v) is 1.85. The first-order valence-corrected chi connectivity index (χ1v) is 4.24. The molecule has 1 aromatic carbocycles. The van der Waals surface area contributed by atoms with Gasteiger partial charge in [-0.1, -0.05) is 12.1 Å². The molecule has 0 bridgehead atoms. The molecule has 0 atom stereocenters. The summed E-state index contributed by atoms with van der Waals surface area (Å²) in [6, 6.07) is 7.23. The zero-order valence-corrected chi connectivity index (χ0v) is 7.06. The number of isocyanates is 1. The molecule has 0 saturated heterocycles. The summed E-state index contributed by atoms with van der Waals surface area (Å²) in [6.45, 7) is 0. The number of rotatable bonds is 3. The van der Waals surface area contributed by atoms with Crippen molar-refractivity contribution in [2.75, 3.05) is 0 Å². The van der Waals surface area contributed by atoms with E-state index in [4.69, 9.17) is 4.74 Å². The molecule has 1 fully saturated rings. The highest BCUT2D eigenvalue weighted by atomic mass is 16.5. The Balaban J connectivity index is 2.24. The van der Waals surface area contributed by atoms with Crippen LogP contribution in [-0.2, 0) is 4.79 Å². The molecular formula is C10H9NO2. The maximum Gasteiger partial charge on any atom is 0.240 e. The Labute approximate surface area is 76.1 Å². The van der Waals surface area contributed by atoms with Crippen molar-refractivity contribution in [3.05, 3.63) is 24.3 Å². The molecule has 0 radical (unpaired) electrons. The van der Waals surface area contributed by atoms with Gasteiger partial charge in [-0.3, -0.25) is 0 Å². The first-order chi connectivity index (χ1) is 6.40. The molecule has 0 heterocycles. The molecule has 3 nitrogen and oxygen atoms in total.